The second-order valence-corrected chi connectivity index (χ2v) is 6.62. The molecule has 3 heteroatoms. The molecule has 1 aliphatic carbocycles. The number of unbranched alkanes of at least 4 members (excludes halogenated alkanes) is 4. The molecule has 0 radical (unpaired) electrons. The van der Waals surface area contributed by atoms with Crippen molar-refractivity contribution in [3.05, 3.63) is 24.3 Å². The van der Waals surface area contributed by atoms with E-state index in [9.17, 15) is 9.90 Å². The molecule has 2 N–H and O–H groups in total. The Hall–Kier alpha value is -1.09. The predicted molar refractivity (Wildman–Crippen MR) is 90.8 cm³/mol. The lowest BCUT2D eigenvalue weighted by molar-refractivity contribution is -0.137. The summed E-state index contributed by atoms with van der Waals surface area (Å²) in [5.41, 5.74) is 0.162. The zero-order valence-electron chi connectivity index (χ0n) is 14.0. The minimum atomic E-state index is -0.702. The van der Waals surface area contributed by atoms with Gasteiger partial charge in [-0.1, -0.05) is 63.3 Å². The van der Waals surface area contributed by atoms with Gasteiger partial charge in [-0.05, 0) is 37.5 Å². The fourth-order valence-corrected chi connectivity index (χ4v) is 3.09. The van der Waals surface area contributed by atoms with Crippen LogP contribution in [0.4, 0.5) is 0 Å². The summed E-state index contributed by atoms with van der Waals surface area (Å²) in [5, 5.41) is 18.7. The van der Waals surface area contributed by atoms with E-state index >= 15 is 0 Å². The van der Waals surface area contributed by atoms with Gasteiger partial charge in [-0.3, -0.25) is 4.79 Å². The Balaban J connectivity index is 2.34. The van der Waals surface area contributed by atoms with Crippen molar-refractivity contribution < 1.29 is 15.0 Å². The number of aliphatic carboxylic acids is 1. The second kappa shape index (κ2) is 10.6. The maximum absolute atomic E-state index is 10.5. The van der Waals surface area contributed by atoms with Crippen molar-refractivity contribution >= 4 is 5.97 Å². The number of carbonyl (C=O) groups is 1. The third kappa shape index (κ3) is 7.79. The van der Waals surface area contributed by atoms with Crippen molar-refractivity contribution in [3.8, 4) is 0 Å². The lowest BCUT2D eigenvalue weighted by Crippen LogP contribution is -2.15. The molecule has 22 heavy (non-hydrogen) atoms. The molecule has 1 atom stereocenters. The van der Waals surface area contributed by atoms with Crippen molar-refractivity contribution in [2.45, 2.75) is 83.7 Å². The first-order valence-electron chi connectivity index (χ1n) is 8.82. The average molecular weight is 308 g/mol. The monoisotopic (exact) mass is 308 g/mol. The van der Waals surface area contributed by atoms with Gasteiger partial charge in [-0.15, -0.1) is 0 Å². The van der Waals surface area contributed by atoms with E-state index in [2.05, 4.69) is 25.2 Å². The summed E-state index contributed by atoms with van der Waals surface area (Å²) >= 11 is 0. The Morgan fingerprint density at radius 1 is 1.18 bits per heavy atom. The number of rotatable bonds is 12. The van der Waals surface area contributed by atoms with Crippen molar-refractivity contribution in [2.75, 3.05) is 0 Å². The first kappa shape index (κ1) is 19.0. The molecule has 0 saturated carbocycles. The van der Waals surface area contributed by atoms with E-state index in [0.717, 1.165) is 51.4 Å². The maximum Gasteiger partial charge on any atom is 0.303 e. The predicted octanol–water partition coefficient (Wildman–Crippen LogP) is 4.86. The lowest BCUT2D eigenvalue weighted by Gasteiger charge is -2.25. The largest absolute Gasteiger partial charge is 0.481 e. The number of carboxylic acid groups (broad SMARTS) is 1. The molecule has 3 nitrogen and oxygen atoms in total. The van der Waals surface area contributed by atoms with E-state index < -0.39 is 5.97 Å². The smallest absolute Gasteiger partial charge is 0.303 e. The van der Waals surface area contributed by atoms with E-state index in [4.69, 9.17) is 5.11 Å². The number of aliphatic hydroxyl groups is 1. The van der Waals surface area contributed by atoms with Gasteiger partial charge in [0.25, 0.3) is 0 Å². The molecule has 0 fully saturated rings. The first-order chi connectivity index (χ1) is 10.6. The van der Waals surface area contributed by atoms with Crippen LogP contribution in [0.1, 0.15) is 77.6 Å². The van der Waals surface area contributed by atoms with Crippen molar-refractivity contribution in [3.63, 3.8) is 0 Å². The normalized spacial score (nSPS) is 18.1. The van der Waals surface area contributed by atoms with Gasteiger partial charge >= 0.3 is 5.97 Å². The molecule has 1 aliphatic rings. The van der Waals surface area contributed by atoms with Crippen LogP contribution in [-0.4, -0.2) is 22.3 Å². The van der Waals surface area contributed by atoms with Crippen LogP contribution in [-0.2, 0) is 4.79 Å². The number of hydrogen-bond donors (Lipinski definition) is 2. The van der Waals surface area contributed by atoms with E-state index in [1.165, 1.54) is 12.8 Å². The minimum absolute atomic E-state index is 0.162. The molecular weight excluding hydrogens is 276 g/mol. The summed E-state index contributed by atoms with van der Waals surface area (Å²) in [5.74, 6) is -0.702. The molecule has 0 amide bonds. The van der Waals surface area contributed by atoms with E-state index in [-0.39, 0.29) is 17.9 Å². The Kier molecular flexibility index (Phi) is 9.14. The molecule has 1 rings (SSSR count). The van der Waals surface area contributed by atoms with Crippen molar-refractivity contribution in [1.82, 2.24) is 0 Å². The molecule has 0 aromatic rings. The Morgan fingerprint density at radius 3 is 2.55 bits per heavy atom. The van der Waals surface area contributed by atoms with Crippen LogP contribution in [0.3, 0.4) is 0 Å². The number of allylic oxidation sites excluding steroid dienone is 3. The van der Waals surface area contributed by atoms with Gasteiger partial charge in [-0.25, -0.2) is 0 Å². The van der Waals surface area contributed by atoms with Crippen LogP contribution >= 0.6 is 0 Å². The first-order valence-corrected chi connectivity index (χ1v) is 8.82. The molecule has 126 valence electrons. The van der Waals surface area contributed by atoms with Crippen molar-refractivity contribution in [1.29, 1.82) is 0 Å². The summed E-state index contributed by atoms with van der Waals surface area (Å²) in [7, 11) is 0. The summed E-state index contributed by atoms with van der Waals surface area (Å²) in [6.07, 6.45) is 18.9. The highest BCUT2D eigenvalue weighted by Crippen LogP contribution is 2.40. The fraction of sp³-hybridized carbons (Fsp3) is 0.737. The van der Waals surface area contributed by atoms with Crippen LogP contribution < -0.4 is 0 Å². The molecule has 0 saturated heterocycles. The molecule has 0 aliphatic heterocycles. The average Bonchev–Trinajstić information content (AvgIpc) is 2.94. The van der Waals surface area contributed by atoms with E-state index in [0.29, 0.717) is 0 Å². The quantitative estimate of drug-likeness (QED) is 0.400. The van der Waals surface area contributed by atoms with Gasteiger partial charge < -0.3 is 10.2 Å². The van der Waals surface area contributed by atoms with Gasteiger partial charge in [0.2, 0.25) is 0 Å². The van der Waals surface area contributed by atoms with Gasteiger partial charge in [0.1, 0.15) is 0 Å². The van der Waals surface area contributed by atoms with Crippen LogP contribution in [0.15, 0.2) is 24.3 Å². The highest BCUT2D eigenvalue weighted by atomic mass is 16.4. The molecule has 0 bridgehead atoms. The number of carboxylic acids is 1. The highest BCUT2D eigenvalue weighted by molar-refractivity contribution is 5.66. The Morgan fingerprint density at radius 2 is 1.91 bits per heavy atom. The SMILES string of the molecule is CCCCCC(O)/C=C/C1(CCCCCC(=O)O)CC=CC1. The van der Waals surface area contributed by atoms with E-state index in [1.54, 1.807) is 0 Å². The zero-order chi connectivity index (χ0) is 16.3. The standard InChI is InChI=1S/C19H32O3/c1-2-3-5-10-17(20)12-16-19(14-8-9-15-19)13-7-4-6-11-18(21)22/h8-9,12,16-17,20H,2-7,10-11,13-15H2,1H3,(H,21,22)/b16-12+. The third-order valence-corrected chi connectivity index (χ3v) is 4.56. The zero-order valence-corrected chi connectivity index (χ0v) is 14.0. The van der Waals surface area contributed by atoms with Gasteiger partial charge in [0.15, 0.2) is 0 Å². The van der Waals surface area contributed by atoms with Crippen LogP contribution in [0.25, 0.3) is 0 Å². The van der Waals surface area contributed by atoms with Crippen molar-refractivity contribution in [2.24, 2.45) is 5.41 Å². The number of aliphatic hydroxyl groups excluding tert-OH is 1. The lowest BCUT2D eigenvalue weighted by atomic mass is 9.79. The third-order valence-electron chi connectivity index (χ3n) is 4.56. The maximum atomic E-state index is 10.5. The molecule has 1 unspecified atom stereocenters. The van der Waals surface area contributed by atoms with Crippen LogP contribution in [0.2, 0.25) is 0 Å². The van der Waals surface area contributed by atoms with Crippen LogP contribution in [0, 0.1) is 5.41 Å². The van der Waals surface area contributed by atoms with Crippen LogP contribution in [0.5, 0.6) is 0 Å². The molecule has 0 aromatic carbocycles. The Labute approximate surface area is 135 Å². The highest BCUT2D eigenvalue weighted by Gasteiger charge is 2.27. The topological polar surface area (TPSA) is 57.5 Å². The summed E-state index contributed by atoms with van der Waals surface area (Å²) in [6.45, 7) is 2.17. The molecule has 0 heterocycles. The minimum Gasteiger partial charge on any atom is -0.481 e. The second-order valence-electron chi connectivity index (χ2n) is 6.62. The summed E-state index contributed by atoms with van der Waals surface area (Å²) in [4.78, 5) is 10.5. The number of hydrogen-bond acceptors (Lipinski definition) is 2. The molecular formula is C19H32O3. The summed E-state index contributed by atoms with van der Waals surface area (Å²) in [6, 6.07) is 0. The molecule has 0 aromatic heterocycles. The molecule has 0 spiro atoms. The van der Waals surface area contributed by atoms with Gasteiger partial charge in [-0.2, -0.15) is 0 Å². The van der Waals surface area contributed by atoms with E-state index in [1.807, 2.05) is 6.08 Å². The summed E-state index contributed by atoms with van der Waals surface area (Å²) < 4.78 is 0. The van der Waals surface area contributed by atoms with Gasteiger partial charge in [0.05, 0.1) is 6.10 Å². The fourth-order valence-electron chi connectivity index (χ4n) is 3.09. The Bertz CT molecular complexity index is 363. The van der Waals surface area contributed by atoms with Gasteiger partial charge in [0, 0.05) is 6.42 Å².